The molecular formula is C20H17N3O5. The van der Waals surface area contributed by atoms with E-state index in [2.05, 4.69) is 16.8 Å². The van der Waals surface area contributed by atoms with Crippen molar-refractivity contribution in [3.63, 3.8) is 0 Å². The van der Waals surface area contributed by atoms with Gasteiger partial charge in [-0.2, -0.15) is 0 Å². The number of non-ortho nitro benzene ring substituents is 1. The number of pyridine rings is 1. The van der Waals surface area contributed by atoms with Crippen molar-refractivity contribution in [1.82, 2.24) is 9.38 Å². The van der Waals surface area contributed by atoms with Crippen molar-refractivity contribution in [2.75, 3.05) is 13.2 Å². The Balaban J connectivity index is 1.85. The van der Waals surface area contributed by atoms with Crippen molar-refractivity contribution in [3.05, 3.63) is 75.7 Å². The van der Waals surface area contributed by atoms with Crippen molar-refractivity contribution in [1.29, 1.82) is 0 Å². The van der Waals surface area contributed by atoms with Gasteiger partial charge < -0.3 is 9.47 Å². The molecule has 0 aliphatic heterocycles. The smallest absolute Gasteiger partial charge is 0.332 e. The van der Waals surface area contributed by atoms with Gasteiger partial charge in [0.2, 0.25) is 0 Å². The lowest BCUT2D eigenvalue weighted by molar-refractivity contribution is -0.384. The molecule has 0 saturated carbocycles. The van der Waals surface area contributed by atoms with Gasteiger partial charge in [0.1, 0.15) is 23.6 Å². The number of fused-ring (bicyclic) bond motifs is 1. The summed E-state index contributed by atoms with van der Waals surface area (Å²) >= 11 is 0. The van der Waals surface area contributed by atoms with Crippen molar-refractivity contribution < 1.29 is 19.2 Å². The Morgan fingerprint density at radius 2 is 2.00 bits per heavy atom. The van der Waals surface area contributed by atoms with Crippen LogP contribution in [0.15, 0.2) is 48.7 Å². The van der Waals surface area contributed by atoms with Crippen LogP contribution in [-0.2, 0) is 20.9 Å². The quantitative estimate of drug-likeness (QED) is 0.283. The third kappa shape index (κ3) is 4.52. The zero-order valence-electron chi connectivity index (χ0n) is 15.1. The molecule has 8 nitrogen and oxygen atoms in total. The molecule has 0 saturated heterocycles. The predicted octanol–water partition coefficient (Wildman–Crippen LogP) is 2.72. The maximum absolute atomic E-state index is 11.4. The summed E-state index contributed by atoms with van der Waals surface area (Å²) in [7, 11) is 0. The molecule has 0 spiro atoms. The molecule has 0 aliphatic carbocycles. The fraction of sp³-hybridized carbons (Fsp3) is 0.200. The van der Waals surface area contributed by atoms with Gasteiger partial charge >= 0.3 is 5.97 Å². The molecule has 142 valence electrons. The van der Waals surface area contributed by atoms with Crippen LogP contribution >= 0.6 is 0 Å². The van der Waals surface area contributed by atoms with E-state index in [1.807, 2.05) is 28.8 Å². The summed E-state index contributed by atoms with van der Waals surface area (Å²) in [6.45, 7) is 1.95. The van der Waals surface area contributed by atoms with Crippen molar-refractivity contribution in [2.24, 2.45) is 0 Å². The van der Waals surface area contributed by atoms with Crippen LogP contribution < -0.4 is 0 Å². The van der Waals surface area contributed by atoms with Crippen LogP contribution in [0.25, 0.3) is 5.65 Å². The summed E-state index contributed by atoms with van der Waals surface area (Å²) in [6.07, 6.45) is 1.83. The lowest BCUT2D eigenvalue weighted by atomic mass is 10.2. The van der Waals surface area contributed by atoms with Gasteiger partial charge in [-0.3, -0.25) is 14.5 Å². The molecule has 8 heteroatoms. The highest BCUT2D eigenvalue weighted by Crippen LogP contribution is 2.14. The zero-order chi connectivity index (χ0) is 19.9. The number of hydrogen-bond acceptors (Lipinski definition) is 6. The van der Waals surface area contributed by atoms with E-state index in [9.17, 15) is 14.9 Å². The first kappa shape index (κ1) is 19.1. The highest BCUT2D eigenvalue weighted by molar-refractivity contribution is 5.70. The zero-order valence-corrected chi connectivity index (χ0v) is 15.1. The minimum atomic E-state index is -0.458. The van der Waals surface area contributed by atoms with Crippen LogP contribution in [0.2, 0.25) is 0 Å². The predicted molar refractivity (Wildman–Crippen MR) is 101 cm³/mol. The number of aromatic nitrogens is 2. The molecular weight excluding hydrogens is 362 g/mol. The molecule has 0 N–H and O–H groups in total. The molecule has 1 aromatic carbocycles. The van der Waals surface area contributed by atoms with E-state index in [1.54, 1.807) is 19.1 Å². The highest BCUT2D eigenvalue weighted by atomic mass is 16.6. The fourth-order valence-corrected chi connectivity index (χ4v) is 2.51. The number of benzene rings is 1. The molecule has 0 unspecified atom stereocenters. The number of imidazole rings is 1. The first-order chi connectivity index (χ1) is 13.6. The summed E-state index contributed by atoms with van der Waals surface area (Å²) in [4.78, 5) is 26.2. The van der Waals surface area contributed by atoms with E-state index in [-0.39, 0.29) is 18.9 Å². The highest BCUT2D eigenvalue weighted by Gasteiger charge is 2.11. The summed E-state index contributed by atoms with van der Waals surface area (Å²) in [5.41, 5.74) is 2.55. The van der Waals surface area contributed by atoms with E-state index in [0.717, 1.165) is 0 Å². The summed E-state index contributed by atoms with van der Waals surface area (Å²) in [5, 5.41) is 10.7. The van der Waals surface area contributed by atoms with E-state index < -0.39 is 10.9 Å². The van der Waals surface area contributed by atoms with Gasteiger partial charge in [-0.05, 0) is 37.1 Å². The Bertz CT molecular complexity index is 1060. The second kappa shape index (κ2) is 8.79. The van der Waals surface area contributed by atoms with Gasteiger partial charge in [-0.1, -0.05) is 12.0 Å². The Morgan fingerprint density at radius 3 is 2.71 bits per heavy atom. The largest absolute Gasteiger partial charge is 0.464 e. The second-order valence-corrected chi connectivity index (χ2v) is 5.69. The summed E-state index contributed by atoms with van der Waals surface area (Å²) in [5.74, 6) is 5.59. The van der Waals surface area contributed by atoms with Gasteiger partial charge in [0.15, 0.2) is 0 Å². The topological polar surface area (TPSA) is 96.0 Å². The minimum absolute atomic E-state index is 0.00778. The first-order valence-corrected chi connectivity index (χ1v) is 8.54. The third-order valence-electron chi connectivity index (χ3n) is 3.77. The molecule has 2 heterocycles. The molecule has 0 radical (unpaired) electrons. The number of nitro groups is 1. The van der Waals surface area contributed by atoms with E-state index in [4.69, 9.17) is 9.47 Å². The van der Waals surface area contributed by atoms with Crippen molar-refractivity contribution in [3.8, 4) is 11.8 Å². The van der Waals surface area contributed by atoms with Crippen molar-refractivity contribution >= 4 is 17.3 Å². The van der Waals surface area contributed by atoms with Crippen LogP contribution in [0.5, 0.6) is 0 Å². The lowest BCUT2D eigenvalue weighted by Crippen LogP contribution is -2.12. The number of carbonyl (C=O) groups excluding carboxylic acids is 1. The van der Waals surface area contributed by atoms with Gasteiger partial charge in [0.05, 0.1) is 18.1 Å². The van der Waals surface area contributed by atoms with Crippen LogP contribution in [0.1, 0.15) is 23.9 Å². The second-order valence-electron chi connectivity index (χ2n) is 5.69. The lowest BCUT2D eigenvalue weighted by Gasteiger charge is -2.02. The number of hydrogen-bond donors (Lipinski definition) is 0. The van der Waals surface area contributed by atoms with Gasteiger partial charge in [-0.25, -0.2) is 9.78 Å². The summed E-state index contributed by atoms with van der Waals surface area (Å²) in [6, 6.07) is 11.5. The normalized spacial score (nSPS) is 10.3. The number of rotatable bonds is 6. The molecule has 3 rings (SSSR count). The Kier molecular flexibility index (Phi) is 5.99. The molecule has 3 aromatic rings. The molecule has 0 aliphatic rings. The Morgan fingerprint density at radius 1 is 1.21 bits per heavy atom. The number of ether oxygens (including phenoxy) is 2. The SMILES string of the molecule is CCOC(=O)COCc1nc2ccccn2c1C#Cc1ccc([N+](=O)[O-])cc1. The number of carbonyl (C=O) groups is 1. The van der Waals surface area contributed by atoms with Gasteiger partial charge in [0, 0.05) is 23.9 Å². The van der Waals surface area contributed by atoms with E-state index >= 15 is 0 Å². The van der Waals surface area contributed by atoms with Crippen LogP contribution in [-0.4, -0.2) is 33.5 Å². The van der Waals surface area contributed by atoms with Crippen LogP contribution in [0.3, 0.4) is 0 Å². The molecule has 0 amide bonds. The first-order valence-electron chi connectivity index (χ1n) is 8.54. The monoisotopic (exact) mass is 379 g/mol. The molecule has 0 fully saturated rings. The van der Waals surface area contributed by atoms with Gasteiger partial charge in [0.25, 0.3) is 5.69 Å². The average molecular weight is 379 g/mol. The third-order valence-corrected chi connectivity index (χ3v) is 3.77. The summed E-state index contributed by atoms with van der Waals surface area (Å²) < 4.78 is 12.1. The minimum Gasteiger partial charge on any atom is -0.464 e. The maximum Gasteiger partial charge on any atom is 0.332 e. The molecule has 0 atom stereocenters. The molecule has 2 aromatic heterocycles. The van der Waals surface area contributed by atoms with Crippen LogP contribution in [0, 0.1) is 22.0 Å². The molecule has 28 heavy (non-hydrogen) atoms. The fourth-order valence-electron chi connectivity index (χ4n) is 2.51. The standard InChI is InChI=1S/C20H17N3O5/c1-2-28-20(24)14-27-13-17-18(22-12-4-3-5-19(22)21-17)11-8-15-6-9-16(10-7-15)23(25)26/h3-7,9-10,12H,2,13-14H2,1H3. The number of nitro benzene ring substituents is 1. The van der Waals surface area contributed by atoms with E-state index in [0.29, 0.717) is 29.2 Å². The van der Waals surface area contributed by atoms with Crippen LogP contribution in [0.4, 0.5) is 5.69 Å². The maximum atomic E-state index is 11.4. The van der Waals surface area contributed by atoms with E-state index in [1.165, 1.54) is 12.1 Å². The van der Waals surface area contributed by atoms with Crippen molar-refractivity contribution in [2.45, 2.75) is 13.5 Å². The molecule has 0 bridgehead atoms. The van der Waals surface area contributed by atoms with Gasteiger partial charge in [-0.15, -0.1) is 0 Å². The number of esters is 1. The Labute approximate surface area is 160 Å². The average Bonchev–Trinajstić information content (AvgIpc) is 3.04. The number of nitrogens with zero attached hydrogens (tertiary/aromatic N) is 3. The Hall–Kier alpha value is -3.70.